The van der Waals surface area contributed by atoms with Gasteiger partial charge < -0.3 is 25.2 Å². The van der Waals surface area contributed by atoms with E-state index in [2.05, 4.69) is 15.4 Å². The summed E-state index contributed by atoms with van der Waals surface area (Å²) in [6, 6.07) is 3.97. The van der Waals surface area contributed by atoms with Crippen molar-refractivity contribution in [3.05, 3.63) is 23.8 Å². The van der Waals surface area contributed by atoms with E-state index in [0.717, 1.165) is 0 Å². The predicted octanol–water partition coefficient (Wildman–Crippen LogP) is 2.25. The van der Waals surface area contributed by atoms with E-state index < -0.39 is 23.5 Å². The molecule has 8 nitrogen and oxygen atoms in total. The second-order valence-corrected chi connectivity index (χ2v) is 5.76. The van der Waals surface area contributed by atoms with Gasteiger partial charge >= 0.3 is 18.0 Å². The van der Waals surface area contributed by atoms with Gasteiger partial charge in [0, 0.05) is 12.0 Å². The van der Waals surface area contributed by atoms with Crippen LogP contribution in [0.4, 0.5) is 10.5 Å². The van der Waals surface area contributed by atoms with E-state index in [1.807, 2.05) is 0 Å². The van der Waals surface area contributed by atoms with Gasteiger partial charge in [0.15, 0.2) is 0 Å². The van der Waals surface area contributed by atoms with Crippen LogP contribution in [-0.4, -0.2) is 42.8 Å². The molecule has 0 aliphatic heterocycles. The van der Waals surface area contributed by atoms with Gasteiger partial charge in [-0.1, -0.05) is 0 Å². The molecule has 0 bridgehead atoms. The van der Waals surface area contributed by atoms with Crippen molar-refractivity contribution < 1.29 is 29.0 Å². The molecule has 0 heterocycles. The molecule has 0 radical (unpaired) electrons. The zero-order valence-corrected chi connectivity index (χ0v) is 14.1. The normalized spacial score (nSPS) is 10.7. The maximum atomic E-state index is 12.1. The van der Waals surface area contributed by atoms with Crippen LogP contribution in [-0.2, 0) is 9.53 Å². The second-order valence-electron chi connectivity index (χ2n) is 5.76. The van der Waals surface area contributed by atoms with Crippen molar-refractivity contribution in [2.45, 2.75) is 32.2 Å². The van der Waals surface area contributed by atoms with Crippen LogP contribution in [0.2, 0.25) is 0 Å². The fourth-order valence-corrected chi connectivity index (χ4v) is 1.98. The number of carboxylic acids is 1. The molecule has 0 aromatic heterocycles. The minimum absolute atomic E-state index is 0.0512. The van der Waals surface area contributed by atoms with E-state index in [9.17, 15) is 14.4 Å². The third-order valence-electron chi connectivity index (χ3n) is 3.29. The van der Waals surface area contributed by atoms with Crippen LogP contribution in [0.1, 0.15) is 37.0 Å². The van der Waals surface area contributed by atoms with E-state index in [1.54, 1.807) is 13.8 Å². The number of rotatable bonds is 7. The van der Waals surface area contributed by atoms with Crippen LogP contribution in [0.5, 0.6) is 5.75 Å². The number of carbonyl (C=O) groups excluding carboxylic acids is 2. The average Bonchev–Trinajstić information content (AvgIpc) is 2.52. The van der Waals surface area contributed by atoms with Crippen LogP contribution >= 0.6 is 0 Å². The lowest BCUT2D eigenvalue weighted by molar-refractivity contribution is -0.137. The molecule has 1 rings (SSSR count). The average molecular weight is 338 g/mol. The Morgan fingerprint density at radius 3 is 2.42 bits per heavy atom. The van der Waals surface area contributed by atoms with Crippen molar-refractivity contribution in [3.8, 4) is 5.75 Å². The van der Waals surface area contributed by atoms with Gasteiger partial charge in [0.25, 0.3) is 0 Å². The van der Waals surface area contributed by atoms with Crippen LogP contribution in [0.15, 0.2) is 18.2 Å². The third-order valence-corrected chi connectivity index (χ3v) is 3.29. The number of amides is 2. The molecule has 0 saturated heterocycles. The van der Waals surface area contributed by atoms with Gasteiger partial charge in [-0.2, -0.15) is 0 Å². The first-order chi connectivity index (χ1) is 11.2. The Balaban J connectivity index is 2.79. The molecule has 132 valence electrons. The number of carboxylic acid groups (broad SMARTS) is 1. The minimum atomic E-state index is -0.926. The summed E-state index contributed by atoms with van der Waals surface area (Å²) >= 11 is 0. The highest BCUT2D eigenvalue weighted by Gasteiger charge is 2.22. The highest BCUT2D eigenvalue weighted by Crippen LogP contribution is 2.26. The van der Waals surface area contributed by atoms with Crippen LogP contribution in [0.3, 0.4) is 0 Å². The number of benzene rings is 1. The van der Waals surface area contributed by atoms with Gasteiger partial charge in [0.1, 0.15) is 5.75 Å². The van der Waals surface area contributed by atoms with Gasteiger partial charge in [0.2, 0.25) is 0 Å². The second kappa shape index (κ2) is 8.19. The lowest BCUT2D eigenvalue weighted by Gasteiger charge is -2.26. The Kier molecular flexibility index (Phi) is 6.58. The van der Waals surface area contributed by atoms with E-state index >= 15 is 0 Å². The summed E-state index contributed by atoms with van der Waals surface area (Å²) in [5.74, 6) is -1.14. The van der Waals surface area contributed by atoms with E-state index in [0.29, 0.717) is 17.0 Å². The highest BCUT2D eigenvalue weighted by molar-refractivity contribution is 5.94. The molecule has 1 aromatic carbocycles. The first kappa shape index (κ1) is 19.3. The van der Waals surface area contributed by atoms with Crippen LogP contribution < -0.4 is 15.4 Å². The van der Waals surface area contributed by atoms with Gasteiger partial charge in [0.05, 0.1) is 25.5 Å². The lowest BCUT2D eigenvalue weighted by Crippen LogP contribution is -2.45. The van der Waals surface area contributed by atoms with Crippen molar-refractivity contribution in [3.63, 3.8) is 0 Å². The van der Waals surface area contributed by atoms with Crippen molar-refractivity contribution in [1.29, 1.82) is 0 Å². The van der Waals surface area contributed by atoms with E-state index in [-0.39, 0.29) is 12.8 Å². The molecule has 1 aromatic rings. The number of anilines is 1. The standard InChI is InChI=1S/C16H22N2O6/c1-16(2,8-7-13(19)20)18-15(22)17-11-6-5-10(14(21)24-4)9-12(11)23-3/h5-6,9H,7-8H2,1-4H3,(H,19,20)(H2,17,18,22). The van der Waals surface area contributed by atoms with Gasteiger partial charge in [-0.05, 0) is 38.5 Å². The maximum Gasteiger partial charge on any atom is 0.337 e. The van der Waals surface area contributed by atoms with Crippen molar-refractivity contribution >= 4 is 23.7 Å². The molecule has 0 unspecified atom stereocenters. The zero-order chi connectivity index (χ0) is 18.3. The molecule has 0 aliphatic carbocycles. The molecular weight excluding hydrogens is 316 g/mol. The Bertz CT molecular complexity index is 627. The molecule has 24 heavy (non-hydrogen) atoms. The molecule has 0 fully saturated rings. The fourth-order valence-electron chi connectivity index (χ4n) is 1.98. The van der Waals surface area contributed by atoms with Crippen LogP contribution in [0.25, 0.3) is 0 Å². The first-order valence-corrected chi connectivity index (χ1v) is 7.26. The lowest BCUT2D eigenvalue weighted by atomic mass is 9.99. The molecular formula is C16H22N2O6. The Morgan fingerprint density at radius 2 is 1.88 bits per heavy atom. The predicted molar refractivity (Wildman–Crippen MR) is 87.4 cm³/mol. The van der Waals surface area contributed by atoms with E-state index in [1.165, 1.54) is 32.4 Å². The molecule has 0 spiro atoms. The zero-order valence-electron chi connectivity index (χ0n) is 14.1. The van der Waals surface area contributed by atoms with E-state index in [4.69, 9.17) is 9.84 Å². The first-order valence-electron chi connectivity index (χ1n) is 7.26. The quantitative estimate of drug-likeness (QED) is 0.657. The number of urea groups is 1. The SMILES string of the molecule is COC(=O)c1ccc(NC(=O)NC(C)(C)CCC(=O)O)c(OC)c1. The Hall–Kier alpha value is -2.77. The van der Waals surface area contributed by atoms with Crippen molar-refractivity contribution in [2.24, 2.45) is 0 Å². The number of methoxy groups -OCH3 is 2. The number of esters is 1. The van der Waals surface area contributed by atoms with Crippen molar-refractivity contribution in [2.75, 3.05) is 19.5 Å². The van der Waals surface area contributed by atoms with Gasteiger partial charge in [-0.3, -0.25) is 4.79 Å². The number of nitrogens with one attached hydrogen (secondary N) is 2. The van der Waals surface area contributed by atoms with Crippen LogP contribution in [0, 0.1) is 0 Å². The molecule has 0 atom stereocenters. The number of hydrogen-bond donors (Lipinski definition) is 3. The summed E-state index contributed by atoms with van der Waals surface area (Å²) in [5, 5.41) is 14.0. The number of carbonyl (C=O) groups is 3. The molecule has 2 amide bonds. The smallest absolute Gasteiger partial charge is 0.337 e. The molecule has 0 aliphatic rings. The number of ether oxygens (including phenoxy) is 2. The highest BCUT2D eigenvalue weighted by atomic mass is 16.5. The topological polar surface area (TPSA) is 114 Å². The third kappa shape index (κ3) is 5.79. The summed E-state index contributed by atoms with van der Waals surface area (Å²) in [4.78, 5) is 34.2. The number of aliphatic carboxylic acids is 1. The molecule has 3 N–H and O–H groups in total. The maximum absolute atomic E-state index is 12.1. The Morgan fingerprint density at radius 1 is 1.21 bits per heavy atom. The Labute approximate surface area is 140 Å². The summed E-state index contributed by atoms with van der Waals surface area (Å²) in [7, 11) is 2.68. The van der Waals surface area contributed by atoms with Gasteiger partial charge in [-0.15, -0.1) is 0 Å². The molecule has 8 heteroatoms. The van der Waals surface area contributed by atoms with Gasteiger partial charge in [-0.25, -0.2) is 9.59 Å². The minimum Gasteiger partial charge on any atom is -0.495 e. The fraction of sp³-hybridized carbons (Fsp3) is 0.438. The summed E-state index contributed by atoms with van der Waals surface area (Å²) in [6.07, 6.45) is 0.235. The summed E-state index contributed by atoms with van der Waals surface area (Å²) in [6.45, 7) is 3.46. The summed E-state index contributed by atoms with van der Waals surface area (Å²) in [5.41, 5.74) is -0.0273. The molecule has 0 saturated carbocycles. The summed E-state index contributed by atoms with van der Waals surface area (Å²) < 4.78 is 9.79. The van der Waals surface area contributed by atoms with Crippen molar-refractivity contribution in [1.82, 2.24) is 5.32 Å². The monoisotopic (exact) mass is 338 g/mol. The largest absolute Gasteiger partial charge is 0.495 e. The number of hydrogen-bond acceptors (Lipinski definition) is 5.